The monoisotopic (exact) mass is 404 g/mol. The Kier molecular flexibility index (Phi) is 6.15. The minimum Gasteiger partial charge on any atom is -0.334 e. The molecule has 1 atom stereocenters. The van der Waals surface area contributed by atoms with E-state index >= 15 is 0 Å². The first-order valence-electron chi connectivity index (χ1n) is 9.34. The van der Waals surface area contributed by atoms with E-state index in [1.807, 2.05) is 37.3 Å². The number of amides is 1. The van der Waals surface area contributed by atoms with Crippen LogP contribution in [0.5, 0.6) is 0 Å². The highest BCUT2D eigenvalue weighted by Gasteiger charge is 2.35. The Morgan fingerprint density at radius 2 is 1.71 bits per heavy atom. The molecule has 2 aromatic rings. The molecule has 1 fully saturated rings. The predicted octanol–water partition coefficient (Wildman–Crippen LogP) is 3.27. The molecule has 28 heavy (non-hydrogen) atoms. The Morgan fingerprint density at radius 3 is 2.29 bits per heavy atom. The standard InChI is InChI=1S/C21H25FN2O3S/c1-16(18-8-9-18)24(14-17-6-4-3-5-7-17)21(25)15-23(2)28(26,27)20-12-10-19(22)11-13-20/h3-7,10-13,16,18H,8-9,14-15H2,1-2H3. The number of hydrogen-bond donors (Lipinski definition) is 0. The van der Waals surface area contributed by atoms with Crippen molar-refractivity contribution >= 4 is 15.9 Å². The van der Waals surface area contributed by atoms with Crippen molar-refractivity contribution in [2.45, 2.75) is 37.2 Å². The molecular formula is C21H25FN2O3S. The summed E-state index contributed by atoms with van der Waals surface area (Å²) in [5.74, 6) is -0.284. The lowest BCUT2D eigenvalue weighted by Crippen LogP contribution is -2.45. The van der Waals surface area contributed by atoms with Crippen molar-refractivity contribution in [2.24, 2.45) is 5.92 Å². The molecule has 1 saturated carbocycles. The van der Waals surface area contributed by atoms with Crippen LogP contribution in [0.15, 0.2) is 59.5 Å². The van der Waals surface area contributed by atoms with Crippen LogP contribution in [-0.4, -0.2) is 43.2 Å². The topological polar surface area (TPSA) is 57.7 Å². The van der Waals surface area contributed by atoms with E-state index in [-0.39, 0.29) is 23.4 Å². The van der Waals surface area contributed by atoms with Gasteiger partial charge in [-0.1, -0.05) is 30.3 Å². The van der Waals surface area contributed by atoms with E-state index in [1.165, 1.54) is 19.2 Å². The zero-order valence-corrected chi connectivity index (χ0v) is 16.9. The first-order chi connectivity index (χ1) is 13.3. The Morgan fingerprint density at radius 1 is 1.11 bits per heavy atom. The maximum atomic E-state index is 13.1. The molecule has 7 heteroatoms. The Labute approximate surface area is 165 Å². The van der Waals surface area contributed by atoms with Gasteiger partial charge in [-0.2, -0.15) is 4.31 Å². The summed E-state index contributed by atoms with van der Waals surface area (Å²) < 4.78 is 39.5. The maximum absolute atomic E-state index is 13.1. The number of benzene rings is 2. The molecule has 1 aliphatic rings. The molecule has 5 nitrogen and oxygen atoms in total. The number of carbonyl (C=O) groups is 1. The Hall–Kier alpha value is -2.25. The maximum Gasteiger partial charge on any atom is 0.243 e. The molecule has 1 unspecified atom stereocenters. The van der Waals surface area contributed by atoms with E-state index in [0.717, 1.165) is 34.8 Å². The molecular weight excluding hydrogens is 379 g/mol. The van der Waals surface area contributed by atoms with Gasteiger partial charge in [-0.15, -0.1) is 0 Å². The molecule has 0 spiro atoms. The minimum atomic E-state index is -3.87. The van der Waals surface area contributed by atoms with Crippen LogP contribution in [0.25, 0.3) is 0 Å². The number of likely N-dealkylation sites (N-methyl/N-ethyl adjacent to an activating group) is 1. The lowest BCUT2D eigenvalue weighted by atomic mass is 10.1. The van der Waals surface area contributed by atoms with Gasteiger partial charge in [0.1, 0.15) is 5.82 Å². The van der Waals surface area contributed by atoms with Crippen LogP contribution >= 0.6 is 0 Å². The predicted molar refractivity (Wildman–Crippen MR) is 105 cm³/mol. The van der Waals surface area contributed by atoms with Crippen LogP contribution in [0.4, 0.5) is 4.39 Å². The van der Waals surface area contributed by atoms with Gasteiger partial charge in [-0.25, -0.2) is 12.8 Å². The molecule has 1 aliphatic carbocycles. The van der Waals surface area contributed by atoms with Gasteiger partial charge >= 0.3 is 0 Å². The second-order valence-corrected chi connectivity index (χ2v) is 9.35. The van der Waals surface area contributed by atoms with E-state index in [2.05, 4.69) is 0 Å². The van der Waals surface area contributed by atoms with Crippen LogP contribution in [0.3, 0.4) is 0 Å². The van der Waals surface area contributed by atoms with Gasteiger partial charge in [0.25, 0.3) is 0 Å². The second-order valence-electron chi connectivity index (χ2n) is 7.30. The molecule has 0 aliphatic heterocycles. The molecule has 1 amide bonds. The summed E-state index contributed by atoms with van der Waals surface area (Å²) in [7, 11) is -2.49. The van der Waals surface area contributed by atoms with E-state index < -0.39 is 15.8 Å². The summed E-state index contributed by atoms with van der Waals surface area (Å²) in [5.41, 5.74) is 1.01. The lowest BCUT2D eigenvalue weighted by Gasteiger charge is -2.31. The van der Waals surface area contributed by atoms with Gasteiger partial charge in [0.15, 0.2) is 0 Å². The molecule has 2 aromatic carbocycles. The van der Waals surface area contributed by atoms with E-state index in [9.17, 15) is 17.6 Å². The molecule has 0 radical (unpaired) electrons. The van der Waals surface area contributed by atoms with Gasteiger partial charge in [0, 0.05) is 19.6 Å². The summed E-state index contributed by atoms with van der Waals surface area (Å²) in [6.07, 6.45) is 2.17. The molecule has 0 saturated heterocycles. The average molecular weight is 405 g/mol. The zero-order valence-electron chi connectivity index (χ0n) is 16.1. The smallest absolute Gasteiger partial charge is 0.243 e. The van der Waals surface area contributed by atoms with Crippen molar-refractivity contribution in [2.75, 3.05) is 13.6 Å². The minimum absolute atomic E-state index is 0.0333. The fourth-order valence-corrected chi connectivity index (χ4v) is 4.35. The third kappa shape index (κ3) is 4.77. The third-order valence-corrected chi connectivity index (χ3v) is 7.01. The van der Waals surface area contributed by atoms with Crippen LogP contribution in [0.2, 0.25) is 0 Å². The first-order valence-corrected chi connectivity index (χ1v) is 10.8. The number of hydrogen-bond acceptors (Lipinski definition) is 3. The summed E-state index contributed by atoms with van der Waals surface area (Å²) >= 11 is 0. The number of nitrogens with zero attached hydrogens (tertiary/aromatic N) is 2. The fraction of sp³-hybridized carbons (Fsp3) is 0.381. The first kappa shape index (κ1) is 20.5. The van der Waals surface area contributed by atoms with Gasteiger partial charge < -0.3 is 4.90 Å². The average Bonchev–Trinajstić information content (AvgIpc) is 3.52. The summed E-state index contributed by atoms with van der Waals surface area (Å²) in [6.45, 7) is 2.21. The van der Waals surface area contributed by atoms with Gasteiger partial charge in [0.2, 0.25) is 15.9 Å². The van der Waals surface area contributed by atoms with Crippen molar-refractivity contribution in [1.82, 2.24) is 9.21 Å². The highest BCUT2D eigenvalue weighted by Crippen LogP contribution is 2.35. The third-order valence-electron chi connectivity index (χ3n) is 5.19. The number of halogens is 1. The van der Waals surface area contributed by atoms with Crippen LogP contribution in [0, 0.1) is 11.7 Å². The van der Waals surface area contributed by atoms with E-state index in [1.54, 1.807) is 4.90 Å². The molecule has 0 aromatic heterocycles. The van der Waals surface area contributed by atoms with Gasteiger partial charge in [-0.05, 0) is 55.5 Å². The van der Waals surface area contributed by atoms with Crippen LogP contribution in [-0.2, 0) is 21.4 Å². The van der Waals surface area contributed by atoms with Gasteiger partial charge in [0.05, 0.1) is 11.4 Å². The van der Waals surface area contributed by atoms with E-state index in [4.69, 9.17) is 0 Å². The van der Waals surface area contributed by atoms with Crippen molar-refractivity contribution < 1.29 is 17.6 Å². The highest BCUT2D eigenvalue weighted by atomic mass is 32.2. The normalized spacial score (nSPS) is 15.4. The van der Waals surface area contributed by atoms with Crippen molar-refractivity contribution in [1.29, 1.82) is 0 Å². The van der Waals surface area contributed by atoms with Crippen molar-refractivity contribution in [3.8, 4) is 0 Å². The number of carbonyl (C=O) groups excluding carboxylic acids is 1. The molecule has 0 N–H and O–H groups in total. The largest absolute Gasteiger partial charge is 0.334 e. The Bertz CT molecular complexity index is 912. The summed E-state index contributed by atoms with van der Waals surface area (Å²) in [5, 5.41) is 0. The van der Waals surface area contributed by atoms with Crippen molar-refractivity contribution in [3.05, 3.63) is 66.0 Å². The quantitative estimate of drug-likeness (QED) is 0.679. The molecule has 0 heterocycles. The van der Waals surface area contributed by atoms with E-state index in [0.29, 0.717) is 12.5 Å². The highest BCUT2D eigenvalue weighted by molar-refractivity contribution is 7.89. The van der Waals surface area contributed by atoms with Crippen LogP contribution < -0.4 is 0 Å². The molecule has 3 rings (SSSR count). The van der Waals surface area contributed by atoms with Gasteiger partial charge in [-0.3, -0.25) is 4.79 Å². The Balaban J connectivity index is 1.75. The SMILES string of the molecule is CC(C1CC1)N(Cc1ccccc1)C(=O)CN(C)S(=O)(=O)c1ccc(F)cc1. The summed E-state index contributed by atoms with van der Waals surface area (Å²) in [4.78, 5) is 14.8. The number of rotatable bonds is 8. The second kappa shape index (κ2) is 8.41. The van der Waals surface area contributed by atoms with Crippen molar-refractivity contribution in [3.63, 3.8) is 0 Å². The lowest BCUT2D eigenvalue weighted by molar-refractivity contribution is -0.134. The molecule has 0 bridgehead atoms. The van der Waals surface area contributed by atoms with Crippen LogP contribution in [0.1, 0.15) is 25.3 Å². The number of sulfonamides is 1. The fourth-order valence-electron chi connectivity index (χ4n) is 3.23. The summed E-state index contributed by atoms with van der Waals surface area (Å²) in [6, 6.07) is 14.3. The zero-order chi connectivity index (χ0) is 20.3. The molecule has 150 valence electrons.